The second-order valence-corrected chi connectivity index (χ2v) is 3.70. The average Bonchev–Trinajstić information content (AvgIpc) is 2.37. The molecule has 0 rings (SSSR count). The van der Waals surface area contributed by atoms with Gasteiger partial charge in [-0.05, 0) is 6.92 Å². The van der Waals surface area contributed by atoms with Gasteiger partial charge in [0.25, 0.3) is 0 Å². The molecule has 0 aromatic rings. The molecule has 0 aliphatic rings. The third-order valence-electron chi connectivity index (χ3n) is 1.11. The monoisotopic (exact) mass is 272 g/mol. The topological polar surface area (TPSA) is 52.6 Å². The molecule has 0 amide bonds. The number of hydrogen-bond donors (Lipinski definition) is 0. The summed E-state index contributed by atoms with van der Waals surface area (Å²) >= 11 is 0. The molecule has 4 nitrogen and oxygen atoms in total. The molecule has 0 aliphatic carbocycles. The Bertz CT molecular complexity index is 245. The Labute approximate surface area is 117 Å². The van der Waals surface area contributed by atoms with Crippen molar-refractivity contribution in [3.63, 3.8) is 0 Å². The van der Waals surface area contributed by atoms with E-state index in [2.05, 4.69) is 45.6 Å². The van der Waals surface area contributed by atoms with Crippen LogP contribution in [-0.2, 0) is 19.1 Å². The zero-order chi connectivity index (χ0) is 15.7. The highest BCUT2D eigenvalue weighted by atomic mass is 16.6. The molecule has 0 bridgehead atoms. The van der Waals surface area contributed by atoms with Gasteiger partial charge >= 0.3 is 11.9 Å². The van der Waals surface area contributed by atoms with Gasteiger partial charge in [0.05, 0.1) is 0 Å². The molecule has 0 aromatic heterocycles. The molecule has 0 saturated heterocycles. The lowest BCUT2D eigenvalue weighted by atomic mass is 10.4. The molecule has 4 heteroatoms. The highest BCUT2D eigenvalue weighted by Crippen LogP contribution is 1.94. The minimum absolute atomic E-state index is 0.0183. The Balaban J connectivity index is -0.000000360. The van der Waals surface area contributed by atoms with E-state index in [9.17, 15) is 9.59 Å². The normalized spacial score (nSPS) is 9.53. The van der Waals surface area contributed by atoms with E-state index in [4.69, 9.17) is 4.74 Å². The van der Waals surface area contributed by atoms with Gasteiger partial charge in [0, 0.05) is 12.2 Å². The summed E-state index contributed by atoms with van der Waals surface area (Å²) < 4.78 is 9.36. The Morgan fingerprint density at radius 1 is 1.00 bits per heavy atom. The molecule has 0 fully saturated rings. The minimum atomic E-state index is -0.540. The Morgan fingerprint density at radius 2 is 1.37 bits per heavy atom. The maximum atomic E-state index is 10.6. The van der Waals surface area contributed by atoms with E-state index in [1.807, 2.05) is 0 Å². The first-order valence-electron chi connectivity index (χ1n) is 6.55. The molecule has 0 aromatic carbocycles. The average molecular weight is 272 g/mol. The zero-order valence-electron chi connectivity index (χ0n) is 12.9. The Morgan fingerprint density at radius 3 is 1.68 bits per heavy atom. The largest absolute Gasteiger partial charge is 0.459 e. The van der Waals surface area contributed by atoms with Crippen LogP contribution in [0.3, 0.4) is 0 Å². The number of carbonyl (C=O) groups excluding carboxylic acids is 2. The maximum Gasteiger partial charge on any atom is 0.330 e. The van der Waals surface area contributed by atoms with Gasteiger partial charge < -0.3 is 9.47 Å². The first-order valence-corrected chi connectivity index (χ1v) is 6.55. The van der Waals surface area contributed by atoms with Gasteiger partial charge in [0.15, 0.2) is 0 Å². The zero-order valence-corrected chi connectivity index (χ0v) is 12.9. The van der Waals surface area contributed by atoms with Crippen LogP contribution in [0.4, 0.5) is 0 Å². The predicted molar refractivity (Wildman–Crippen MR) is 78.8 cm³/mol. The lowest BCUT2D eigenvalue weighted by Gasteiger charge is -2.10. The highest BCUT2D eigenvalue weighted by molar-refractivity contribution is 5.82. The summed E-state index contributed by atoms with van der Waals surface area (Å²) in [4.78, 5) is 21.2. The van der Waals surface area contributed by atoms with Crippen LogP contribution in [-0.4, -0.2) is 24.6 Å². The number of hydrogen-bond acceptors (Lipinski definition) is 4. The second-order valence-electron chi connectivity index (χ2n) is 3.70. The Hall–Kier alpha value is -1.58. The first kappa shape index (κ1) is 22.6. The van der Waals surface area contributed by atoms with E-state index in [1.54, 1.807) is 6.92 Å². The molecular formula is C15H28O4. The summed E-state index contributed by atoms with van der Waals surface area (Å²) in [6.45, 7) is 16.6. The lowest BCUT2D eigenvalue weighted by molar-refractivity contribution is -0.151. The van der Waals surface area contributed by atoms with E-state index in [-0.39, 0.29) is 6.61 Å². The molecule has 0 N–H and O–H groups in total. The van der Waals surface area contributed by atoms with Crippen LogP contribution < -0.4 is 0 Å². The van der Waals surface area contributed by atoms with Crippen molar-refractivity contribution >= 4 is 11.9 Å². The second kappa shape index (κ2) is 18.8. The number of ether oxygens (including phenoxy) is 2. The van der Waals surface area contributed by atoms with E-state index in [1.165, 1.54) is 12.8 Å². The van der Waals surface area contributed by atoms with Gasteiger partial charge in [-0.25, -0.2) is 9.59 Å². The molecule has 0 radical (unpaired) electrons. The lowest BCUT2D eigenvalue weighted by Crippen LogP contribution is -2.20. The fraction of sp³-hybridized carbons (Fsp3) is 0.600. The molecule has 1 unspecified atom stereocenters. The summed E-state index contributed by atoms with van der Waals surface area (Å²) in [5, 5.41) is 0. The van der Waals surface area contributed by atoms with Crippen LogP contribution in [0.1, 0.15) is 47.5 Å². The standard InChI is InChI=1S/C9H12O4.2C3H8/c1-4-8(10)12-6-7(3)13-9(11)5-2;2*1-3-2/h4-5,7H,1-2,6H2,3H3;2*3H2,1-2H3. The fourth-order valence-corrected chi connectivity index (χ4v) is 0.539. The van der Waals surface area contributed by atoms with Crippen LogP contribution in [0.5, 0.6) is 0 Å². The molecular weight excluding hydrogens is 244 g/mol. The van der Waals surface area contributed by atoms with Crippen molar-refractivity contribution in [2.24, 2.45) is 0 Å². The summed E-state index contributed by atoms with van der Waals surface area (Å²) in [6.07, 6.45) is 4.11. The maximum absolute atomic E-state index is 10.6. The van der Waals surface area contributed by atoms with E-state index >= 15 is 0 Å². The van der Waals surface area contributed by atoms with E-state index in [0.29, 0.717) is 0 Å². The van der Waals surface area contributed by atoms with Crippen molar-refractivity contribution in [3.05, 3.63) is 25.3 Å². The van der Waals surface area contributed by atoms with Crippen LogP contribution in [0.15, 0.2) is 25.3 Å². The number of esters is 2. The van der Waals surface area contributed by atoms with Crippen LogP contribution in [0.2, 0.25) is 0 Å². The number of rotatable bonds is 5. The SMILES string of the molecule is C=CC(=O)OCC(C)OC(=O)C=C.CCC.CCC. The summed E-state index contributed by atoms with van der Waals surface area (Å²) in [6, 6.07) is 0. The Kier molecular flexibility index (Phi) is 22.3. The van der Waals surface area contributed by atoms with Crippen molar-refractivity contribution in [2.75, 3.05) is 6.61 Å². The molecule has 0 saturated carbocycles. The molecule has 1 atom stereocenters. The highest BCUT2D eigenvalue weighted by Gasteiger charge is 2.07. The predicted octanol–water partition coefficient (Wildman–Crippen LogP) is 3.67. The van der Waals surface area contributed by atoms with Crippen molar-refractivity contribution in [3.8, 4) is 0 Å². The van der Waals surface area contributed by atoms with Gasteiger partial charge in [-0.2, -0.15) is 0 Å². The molecule has 112 valence electrons. The van der Waals surface area contributed by atoms with Crippen molar-refractivity contribution in [1.29, 1.82) is 0 Å². The van der Waals surface area contributed by atoms with Gasteiger partial charge in [0.2, 0.25) is 0 Å². The smallest absolute Gasteiger partial charge is 0.330 e. The van der Waals surface area contributed by atoms with Gasteiger partial charge in [-0.1, -0.05) is 53.7 Å². The number of carbonyl (C=O) groups is 2. The summed E-state index contributed by atoms with van der Waals surface area (Å²) in [7, 11) is 0. The summed E-state index contributed by atoms with van der Waals surface area (Å²) in [5.74, 6) is -1.08. The van der Waals surface area contributed by atoms with Crippen molar-refractivity contribution in [2.45, 2.75) is 53.6 Å². The van der Waals surface area contributed by atoms with Crippen LogP contribution in [0.25, 0.3) is 0 Å². The van der Waals surface area contributed by atoms with Gasteiger partial charge in [-0.15, -0.1) is 0 Å². The van der Waals surface area contributed by atoms with Crippen LogP contribution in [0, 0.1) is 0 Å². The van der Waals surface area contributed by atoms with Gasteiger partial charge in [0.1, 0.15) is 12.7 Å². The van der Waals surface area contributed by atoms with E-state index < -0.39 is 18.0 Å². The quantitative estimate of drug-likeness (QED) is 0.566. The van der Waals surface area contributed by atoms with Gasteiger partial charge in [-0.3, -0.25) is 0 Å². The molecule has 19 heavy (non-hydrogen) atoms. The summed E-state index contributed by atoms with van der Waals surface area (Å²) in [5.41, 5.74) is 0. The first-order chi connectivity index (χ1) is 8.92. The molecule has 0 heterocycles. The van der Waals surface area contributed by atoms with Crippen LogP contribution >= 0.6 is 0 Å². The van der Waals surface area contributed by atoms with E-state index in [0.717, 1.165) is 12.2 Å². The molecule has 0 spiro atoms. The third kappa shape index (κ3) is 26.2. The van der Waals surface area contributed by atoms with Crippen molar-refractivity contribution < 1.29 is 19.1 Å². The third-order valence-corrected chi connectivity index (χ3v) is 1.11. The van der Waals surface area contributed by atoms with Crippen molar-refractivity contribution in [1.82, 2.24) is 0 Å². The molecule has 0 aliphatic heterocycles. The minimum Gasteiger partial charge on any atom is -0.459 e. The fourth-order valence-electron chi connectivity index (χ4n) is 0.539.